The lowest BCUT2D eigenvalue weighted by atomic mass is 10.1. The number of aromatic amines is 1. The first-order valence-electron chi connectivity index (χ1n) is 12.8. The van der Waals surface area contributed by atoms with Crippen molar-refractivity contribution in [1.82, 2.24) is 44.5 Å². The van der Waals surface area contributed by atoms with Crippen molar-refractivity contribution < 1.29 is 45.8 Å². The summed E-state index contributed by atoms with van der Waals surface area (Å²) in [5, 5.41) is 7.70. The highest BCUT2D eigenvalue weighted by Gasteiger charge is 2.54. The second-order valence-electron chi connectivity index (χ2n) is 9.93. The Morgan fingerprint density at radius 3 is 2.58 bits per heavy atom. The minimum absolute atomic E-state index is 0.0183. The van der Waals surface area contributed by atoms with Crippen LogP contribution >= 0.6 is 25.8 Å². The Bertz CT molecular complexity index is 1950. The van der Waals surface area contributed by atoms with Gasteiger partial charge in [0.2, 0.25) is 5.95 Å². The zero-order chi connectivity index (χ0) is 31.8. The molecule has 6 N–H and O–H groups in total. The molecule has 2 bridgehead atoms. The van der Waals surface area contributed by atoms with Crippen molar-refractivity contribution in [2.75, 3.05) is 24.7 Å². The van der Waals surface area contributed by atoms with Gasteiger partial charge in [0.05, 0.1) is 19.5 Å². The fourth-order valence-electron chi connectivity index (χ4n) is 5.10. The molecule has 3 saturated heterocycles. The van der Waals surface area contributed by atoms with E-state index in [-0.39, 0.29) is 34.1 Å². The Labute approximate surface area is 258 Å². The van der Waals surface area contributed by atoms with E-state index in [9.17, 15) is 14.3 Å². The monoisotopic (exact) mass is 711 g/mol. The number of aromatic nitrogens is 9. The second kappa shape index (κ2) is 11.2. The summed E-state index contributed by atoms with van der Waals surface area (Å²) < 4.78 is 80.5. The second-order valence-corrected chi connectivity index (χ2v) is 15.6. The van der Waals surface area contributed by atoms with Crippen molar-refractivity contribution in [3.8, 4) is 0 Å². The Hall–Kier alpha value is -2.76. The minimum Gasteiger partial charge on any atom is -0.382 e. The molecule has 26 heteroatoms. The first-order valence-corrected chi connectivity index (χ1v) is 18.0. The Morgan fingerprint density at radius 2 is 1.78 bits per heavy atom. The first-order chi connectivity index (χ1) is 21.3. The summed E-state index contributed by atoms with van der Waals surface area (Å²) in [4.78, 5) is 41.4. The number of alkyl halides is 2. The largest absolute Gasteiger partial charge is 0.386 e. The van der Waals surface area contributed by atoms with Gasteiger partial charge in [-0.15, -0.1) is 5.10 Å². The molecule has 0 saturated carbocycles. The summed E-state index contributed by atoms with van der Waals surface area (Å²) in [6.07, 6.45) is -11.4. The summed E-state index contributed by atoms with van der Waals surface area (Å²) >= 11 is 9.09. The van der Waals surface area contributed by atoms with Gasteiger partial charge < -0.3 is 30.4 Å². The lowest BCUT2D eigenvalue weighted by Crippen LogP contribution is -2.34. The third-order valence-electron chi connectivity index (χ3n) is 7.10. The van der Waals surface area contributed by atoms with E-state index in [4.69, 9.17) is 50.8 Å². The van der Waals surface area contributed by atoms with Gasteiger partial charge in [-0.3, -0.25) is 27.9 Å². The van der Waals surface area contributed by atoms with E-state index in [0.29, 0.717) is 0 Å². The van der Waals surface area contributed by atoms with E-state index in [2.05, 4.69) is 47.5 Å². The molecule has 3 aliphatic heterocycles. The summed E-state index contributed by atoms with van der Waals surface area (Å²) in [6, 6.07) is 0. The van der Waals surface area contributed by atoms with E-state index < -0.39 is 81.5 Å². The van der Waals surface area contributed by atoms with Crippen molar-refractivity contribution >= 4 is 71.7 Å². The van der Waals surface area contributed by atoms with Crippen LogP contribution in [0.2, 0.25) is 0 Å². The molecule has 0 amide bonds. The van der Waals surface area contributed by atoms with E-state index in [1.807, 2.05) is 0 Å². The van der Waals surface area contributed by atoms with E-state index in [1.165, 1.54) is 0 Å². The van der Waals surface area contributed by atoms with Crippen molar-refractivity contribution in [2.24, 2.45) is 0 Å². The number of anilines is 2. The van der Waals surface area contributed by atoms with Crippen molar-refractivity contribution in [1.29, 1.82) is 0 Å². The zero-order valence-electron chi connectivity index (χ0n) is 22.1. The van der Waals surface area contributed by atoms with Gasteiger partial charge >= 0.3 is 13.5 Å². The molecule has 3 fully saturated rings. The molecule has 0 spiro atoms. The number of thiol groups is 1. The minimum atomic E-state index is -4.47. The van der Waals surface area contributed by atoms with Gasteiger partial charge in [0.15, 0.2) is 52.9 Å². The van der Waals surface area contributed by atoms with Crippen LogP contribution in [0.4, 0.5) is 20.5 Å². The summed E-state index contributed by atoms with van der Waals surface area (Å²) in [6.45, 7) is -10.3. The number of nitrogens with two attached hydrogens (primary N) is 2. The standard InChI is InChI=1S/C19H21F2N11O9P2S2/c20-7-5-1-36-42(34,44)40-11-6(39-17(8(11)21)32-14-9(29-30-32)13(22)24-3-25-14)2-37-43(35,45)41-12(7)18(38-5)31-4-26-10-15(31)27-19(23)28-16(10)33/h3-8,11-12,17-18H,1-2H2,(H,34,44)(H,35,45)(H2,22,24,25)(H3,23,27,28,33)/t5-,6-,7+,8+,11-,12-,17-,18-,42?,43?/m1/s1. The van der Waals surface area contributed by atoms with Gasteiger partial charge in [-0.25, -0.2) is 28.3 Å². The number of nitrogens with one attached hydrogen (secondary N) is 1. The molecule has 0 radical (unpaired) electrons. The van der Waals surface area contributed by atoms with Gasteiger partial charge in [0.1, 0.15) is 30.7 Å². The van der Waals surface area contributed by atoms with Crippen molar-refractivity contribution in [3.63, 3.8) is 0 Å². The molecule has 4 aromatic heterocycles. The molecule has 0 aromatic carbocycles. The molecule has 2 unspecified atom stereocenters. The van der Waals surface area contributed by atoms with Crippen LogP contribution in [-0.2, 0) is 43.9 Å². The molecule has 3 aliphatic rings. The Kier molecular flexibility index (Phi) is 7.68. The maximum atomic E-state index is 15.9. The molecule has 242 valence electrons. The van der Waals surface area contributed by atoms with Gasteiger partial charge in [0, 0.05) is 0 Å². The van der Waals surface area contributed by atoms with Gasteiger partial charge in [-0.2, -0.15) is 9.67 Å². The maximum Gasteiger partial charge on any atom is 0.386 e. The molecule has 4 aromatic rings. The zero-order valence-corrected chi connectivity index (χ0v) is 25.6. The lowest BCUT2D eigenvalue weighted by Gasteiger charge is -2.27. The number of ether oxygens (including phenoxy) is 2. The highest BCUT2D eigenvalue weighted by Crippen LogP contribution is 2.58. The Morgan fingerprint density at radius 1 is 1.02 bits per heavy atom. The fourth-order valence-corrected chi connectivity index (χ4v) is 7.99. The van der Waals surface area contributed by atoms with Crippen LogP contribution in [0, 0.1) is 0 Å². The van der Waals surface area contributed by atoms with Crippen molar-refractivity contribution in [3.05, 3.63) is 23.0 Å². The summed E-state index contributed by atoms with van der Waals surface area (Å²) in [7, 11) is 0. The van der Waals surface area contributed by atoms with Gasteiger partial charge in [0.25, 0.3) is 5.56 Å². The van der Waals surface area contributed by atoms with Gasteiger partial charge in [-0.1, -0.05) is 17.5 Å². The number of hydrogen-bond donors (Lipinski definition) is 5. The van der Waals surface area contributed by atoms with E-state index >= 15 is 8.78 Å². The molecule has 45 heavy (non-hydrogen) atoms. The number of hydrogen-bond acceptors (Lipinski definition) is 17. The normalized spacial score (nSPS) is 37.7. The third kappa shape index (κ3) is 5.52. The average molecular weight is 712 g/mol. The number of fused-ring (bicyclic) bond motifs is 5. The Balaban J connectivity index is 1.21. The quantitative estimate of drug-likeness (QED) is 0.136. The number of halogens is 2. The molecule has 7 rings (SSSR count). The number of imidazole rings is 1. The molecular weight excluding hydrogens is 690 g/mol. The van der Waals surface area contributed by atoms with Crippen LogP contribution in [0.1, 0.15) is 12.5 Å². The van der Waals surface area contributed by atoms with Gasteiger partial charge in [-0.05, 0) is 11.8 Å². The third-order valence-corrected chi connectivity index (χ3v) is 10.3. The number of rotatable bonds is 2. The molecule has 10 atom stereocenters. The molecule has 20 nitrogen and oxygen atoms in total. The SMILES string of the molecule is Nc1nc2c(ncn2[C@@H]2O[C@@H]3COP(=O)(S)O[C@H]4[C@H](F)[C@H](n5nnc6c(N)ncnc65)O[C@@H]4COP(O)(=S)O[C@@H]2[C@H]3F)c(=O)[nH]1. The molecule has 7 heterocycles. The molecule has 0 aliphatic carbocycles. The van der Waals surface area contributed by atoms with Crippen LogP contribution in [-0.4, -0.2) is 99.3 Å². The van der Waals surface area contributed by atoms with Crippen LogP contribution in [0.3, 0.4) is 0 Å². The smallest absolute Gasteiger partial charge is 0.382 e. The summed E-state index contributed by atoms with van der Waals surface area (Å²) in [5.74, 6) is -0.290. The lowest BCUT2D eigenvalue weighted by molar-refractivity contribution is -0.0604. The summed E-state index contributed by atoms with van der Waals surface area (Å²) in [5.41, 5.74) is 10.6. The first kappa shape index (κ1) is 30.9. The van der Waals surface area contributed by atoms with Crippen LogP contribution in [0.25, 0.3) is 22.3 Å². The van der Waals surface area contributed by atoms with Crippen LogP contribution < -0.4 is 17.0 Å². The number of H-pyrrole nitrogens is 1. The van der Waals surface area contributed by atoms with Crippen LogP contribution in [0.5, 0.6) is 0 Å². The number of nitrogen functional groups attached to an aromatic ring is 2. The fraction of sp³-hybridized carbons (Fsp3) is 0.526. The van der Waals surface area contributed by atoms with Crippen LogP contribution in [0.15, 0.2) is 17.4 Å². The topological polar surface area (TPSA) is 265 Å². The van der Waals surface area contributed by atoms with Crippen molar-refractivity contribution in [2.45, 2.75) is 49.2 Å². The highest BCUT2D eigenvalue weighted by atomic mass is 32.7. The number of nitrogens with zero attached hydrogens (tertiary/aromatic N) is 8. The average Bonchev–Trinajstić information content (AvgIpc) is 3.72. The predicted molar refractivity (Wildman–Crippen MR) is 152 cm³/mol. The molecular formula is C19H21F2N11O9P2S2. The van der Waals surface area contributed by atoms with E-state index in [1.54, 1.807) is 0 Å². The van der Waals surface area contributed by atoms with E-state index in [0.717, 1.165) is 21.9 Å². The predicted octanol–water partition coefficient (Wildman–Crippen LogP) is 0.0618. The highest BCUT2D eigenvalue weighted by molar-refractivity contribution is 8.44. The maximum absolute atomic E-state index is 15.9.